The van der Waals surface area contributed by atoms with E-state index in [1.54, 1.807) is 41.4 Å². The van der Waals surface area contributed by atoms with Gasteiger partial charge in [0.25, 0.3) is 11.5 Å². The van der Waals surface area contributed by atoms with Crippen LogP contribution in [0.5, 0.6) is 0 Å². The summed E-state index contributed by atoms with van der Waals surface area (Å²) in [6.07, 6.45) is 1.65. The average molecular weight is 389 g/mol. The van der Waals surface area contributed by atoms with E-state index < -0.39 is 0 Å². The second-order valence-electron chi connectivity index (χ2n) is 6.68. The van der Waals surface area contributed by atoms with E-state index in [9.17, 15) is 14.4 Å². The van der Waals surface area contributed by atoms with E-state index >= 15 is 0 Å². The van der Waals surface area contributed by atoms with Crippen LogP contribution in [0.4, 0.5) is 11.4 Å². The molecule has 0 saturated heterocycles. The van der Waals surface area contributed by atoms with Gasteiger partial charge in [-0.05, 0) is 55.8 Å². The first kappa shape index (κ1) is 20.1. The number of rotatable bonds is 6. The Morgan fingerprint density at radius 1 is 0.966 bits per heavy atom. The van der Waals surface area contributed by atoms with Crippen LogP contribution in [-0.4, -0.2) is 22.9 Å². The van der Waals surface area contributed by atoms with Gasteiger partial charge in [-0.25, -0.2) is 0 Å². The van der Waals surface area contributed by atoms with Gasteiger partial charge in [0.2, 0.25) is 5.91 Å². The van der Waals surface area contributed by atoms with Crippen LogP contribution in [0.25, 0.3) is 0 Å². The fourth-order valence-electron chi connectivity index (χ4n) is 3.03. The lowest BCUT2D eigenvalue weighted by Crippen LogP contribution is -2.30. The summed E-state index contributed by atoms with van der Waals surface area (Å²) in [4.78, 5) is 38.6. The van der Waals surface area contributed by atoms with Gasteiger partial charge in [0.1, 0.15) is 6.54 Å². The molecule has 0 bridgehead atoms. The molecular weight excluding hydrogens is 366 g/mol. The van der Waals surface area contributed by atoms with Crippen LogP contribution in [0.1, 0.15) is 22.8 Å². The van der Waals surface area contributed by atoms with E-state index in [2.05, 4.69) is 5.32 Å². The number of nitrogens with one attached hydrogen (secondary N) is 1. The fraction of sp³-hybridized carbons (Fsp3) is 0.174. The number of aryl methyl sites for hydroxylation is 1. The molecule has 29 heavy (non-hydrogen) atoms. The molecule has 2 amide bonds. The van der Waals surface area contributed by atoms with Crippen LogP contribution in [0, 0.1) is 6.92 Å². The van der Waals surface area contributed by atoms with E-state index in [-0.39, 0.29) is 23.9 Å². The summed E-state index contributed by atoms with van der Waals surface area (Å²) < 4.78 is 1.36. The van der Waals surface area contributed by atoms with Gasteiger partial charge in [-0.2, -0.15) is 0 Å². The zero-order valence-corrected chi connectivity index (χ0v) is 16.5. The molecule has 0 aliphatic carbocycles. The summed E-state index contributed by atoms with van der Waals surface area (Å²) in [6, 6.07) is 19.4. The quantitative estimate of drug-likeness (QED) is 0.702. The summed E-state index contributed by atoms with van der Waals surface area (Å²) >= 11 is 0. The molecule has 6 heteroatoms. The number of benzene rings is 2. The molecule has 0 atom stereocenters. The largest absolute Gasteiger partial charge is 0.325 e. The molecule has 148 valence electrons. The zero-order valence-electron chi connectivity index (χ0n) is 16.5. The van der Waals surface area contributed by atoms with E-state index in [0.717, 1.165) is 11.3 Å². The number of anilines is 2. The van der Waals surface area contributed by atoms with Gasteiger partial charge in [0.05, 0.1) is 0 Å². The van der Waals surface area contributed by atoms with Crippen molar-refractivity contribution in [3.05, 3.63) is 94.4 Å². The van der Waals surface area contributed by atoms with Gasteiger partial charge in [-0.3, -0.25) is 14.4 Å². The van der Waals surface area contributed by atoms with Crippen molar-refractivity contribution in [1.29, 1.82) is 0 Å². The Balaban J connectivity index is 1.68. The molecule has 0 saturated carbocycles. The second kappa shape index (κ2) is 9.01. The minimum atomic E-state index is -0.309. The van der Waals surface area contributed by atoms with Crippen molar-refractivity contribution in [2.24, 2.45) is 0 Å². The topological polar surface area (TPSA) is 71.4 Å². The molecule has 0 aliphatic rings. The molecule has 0 radical (unpaired) electrons. The summed E-state index contributed by atoms with van der Waals surface area (Å²) in [5.74, 6) is -0.417. The molecular formula is C23H23N3O3. The first-order valence-corrected chi connectivity index (χ1v) is 9.42. The molecule has 1 heterocycles. The van der Waals surface area contributed by atoms with Crippen LogP contribution < -0.4 is 15.8 Å². The van der Waals surface area contributed by atoms with Crippen molar-refractivity contribution >= 4 is 23.2 Å². The normalized spacial score (nSPS) is 10.4. The van der Waals surface area contributed by atoms with Gasteiger partial charge in [0, 0.05) is 35.7 Å². The number of para-hydroxylation sites is 1. The second-order valence-corrected chi connectivity index (χ2v) is 6.68. The molecule has 1 N–H and O–H groups in total. The number of pyridine rings is 1. The summed E-state index contributed by atoms with van der Waals surface area (Å²) in [5.41, 5.74) is 2.60. The third-order valence-corrected chi connectivity index (χ3v) is 4.49. The molecule has 3 rings (SSSR count). The predicted molar refractivity (Wildman–Crippen MR) is 114 cm³/mol. The number of aromatic nitrogens is 1. The Hall–Kier alpha value is -3.67. The first-order valence-electron chi connectivity index (χ1n) is 9.42. The number of nitrogens with zero attached hydrogens (tertiary/aromatic N) is 2. The Morgan fingerprint density at radius 2 is 1.66 bits per heavy atom. The first-order chi connectivity index (χ1) is 14.0. The maximum absolute atomic E-state index is 12.8. The summed E-state index contributed by atoms with van der Waals surface area (Å²) in [6.45, 7) is 4.26. The lowest BCUT2D eigenvalue weighted by molar-refractivity contribution is -0.116. The van der Waals surface area contributed by atoms with Gasteiger partial charge in [-0.1, -0.05) is 24.3 Å². The van der Waals surface area contributed by atoms with Gasteiger partial charge >= 0.3 is 0 Å². The standard InChI is InChI=1S/C23H23N3O3/c1-3-26(20-7-5-4-6-8-20)23(29)18-10-12-19(13-11-18)24-21(27)16-25-15-17(2)9-14-22(25)28/h4-15H,3,16H2,1-2H3,(H,24,27). The highest BCUT2D eigenvalue weighted by atomic mass is 16.2. The highest BCUT2D eigenvalue weighted by Gasteiger charge is 2.16. The Labute approximate surface area is 169 Å². The number of carbonyl (C=O) groups is 2. The lowest BCUT2D eigenvalue weighted by atomic mass is 10.1. The van der Waals surface area contributed by atoms with Crippen LogP contribution in [0.3, 0.4) is 0 Å². The van der Waals surface area contributed by atoms with Gasteiger partial charge in [-0.15, -0.1) is 0 Å². The Bertz CT molecular complexity index is 1060. The minimum absolute atomic E-state index is 0.0706. The predicted octanol–water partition coefficient (Wildman–Crippen LogP) is 3.46. The maximum atomic E-state index is 12.8. The molecule has 2 aromatic carbocycles. The molecule has 0 spiro atoms. The van der Waals surface area contributed by atoms with Crippen molar-refractivity contribution in [1.82, 2.24) is 4.57 Å². The third-order valence-electron chi connectivity index (χ3n) is 4.49. The van der Waals surface area contributed by atoms with Crippen molar-refractivity contribution in [3.63, 3.8) is 0 Å². The highest BCUT2D eigenvalue weighted by molar-refractivity contribution is 6.06. The smallest absolute Gasteiger partial charge is 0.258 e. The molecule has 6 nitrogen and oxygen atoms in total. The number of hydrogen-bond donors (Lipinski definition) is 1. The highest BCUT2D eigenvalue weighted by Crippen LogP contribution is 2.18. The van der Waals surface area contributed by atoms with E-state index in [0.29, 0.717) is 17.8 Å². The monoisotopic (exact) mass is 389 g/mol. The van der Waals surface area contributed by atoms with Crippen LogP contribution in [0.15, 0.2) is 77.7 Å². The molecule has 0 aliphatic heterocycles. The van der Waals surface area contributed by atoms with E-state index in [1.807, 2.05) is 44.2 Å². The van der Waals surface area contributed by atoms with Crippen LogP contribution in [-0.2, 0) is 11.3 Å². The van der Waals surface area contributed by atoms with E-state index in [4.69, 9.17) is 0 Å². The Kier molecular flexibility index (Phi) is 6.24. The summed E-state index contributed by atoms with van der Waals surface area (Å²) in [7, 11) is 0. The van der Waals surface area contributed by atoms with Gasteiger partial charge < -0.3 is 14.8 Å². The van der Waals surface area contributed by atoms with Gasteiger partial charge in [0.15, 0.2) is 0 Å². The Morgan fingerprint density at radius 3 is 2.31 bits per heavy atom. The molecule has 0 unspecified atom stereocenters. The molecule has 3 aromatic rings. The average Bonchev–Trinajstić information content (AvgIpc) is 2.72. The minimum Gasteiger partial charge on any atom is -0.325 e. The van der Waals surface area contributed by atoms with Crippen molar-refractivity contribution in [2.75, 3.05) is 16.8 Å². The summed E-state index contributed by atoms with van der Waals surface area (Å²) in [5, 5.41) is 2.75. The van der Waals surface area contributed by atoms with Crippen molar-refractivity contribution in [3.8, 4) is 0 Å². The zero-order chi connectivity index (χ0) is 20.8. The third kappa shape index (κ3) is 4.99. The number of hydrogen-bond acceptors (Lipinski definition) is 3. The van der Waals surface area contributed by atoms with Crippen LogP contribution >= 0.6 is 0 Å². The van der Waals surface area contributed by atoms with Crippen molar-refractivity contribution < 1.29 is 9.59 Å². The number of carbonyl (C=O) groups excluding carboxylic acids is 2. The fourth-order valence-corrected chi connectivity index (χ4v) is 3.03. The van der Waals surface area contributed by atoms with E-state index in [1.165, 1.54) is 10.6 Å². The SMILES string of the molecule is CCN(C(=O)c1ccc(NC(=O)Cn2cc(C)ccc2=O)cc1)c1ccccc1. The number of amides is 2. The van der Waals surface area contributed by atoms with Crippen LogP contribution in [0.2, 0.25) is 0 Å². The maximum Gasteiger partial charge on any atom is 0.258 e. The molecule has 0 fully saturated rings. The van der Waals surface area contributed by atoms with Crippen molar-refractivity contribution in [2.45, 2.75) is 20.4 Å². The lowest BCUT2D eigenvalue weighted by Gasteiger charge is -2.21. The molecule has 1 aromatic heterocycles.